The predicted octanol–water partition coefficient (Wildman–Crippen LogP) is 0.868. The van der Waals surface area contributed by atoms with Gasteiger partial charge in [0, 0.05) is 6.92 Å². The predicted molar refractivity (Wildman–Crippen MR) is 54.5 cm³/mol. The SMILES string of the molecule is CC(=O)OCc1ccccc1C(O)C(=O)O. The van der Waals surface area contributed by atoms with E-state index in [0.717, 1.165) is 0 Å². The fourth-order valence-electron chi connectivity index (χ4n) is 1.24. The van der Waals surface area contributed by atoms with Gasteiger partial charge in [0.15, 0.2) is 6.10 Å². The molecule has 0 amide bonds. The van der Waals surface area contributed by atoms with Gasteiger partial charge >= 0.3 is 11.9 Å². The first-order chi connectivity index (χ1) is 7.52. The minimum atomic E-state index is -1.60. The highest BCUT2D eigenvalue weighted by Gasteiger charge is 2.19. The molecule has 1 aromatic rings. The van der Waals surface area contributed by atoms with Gasteiger partial charge in [-0.25, -0.2) is 4.79 Å². The van der Waals surface area contributed by atoms with Gasteiger partial charge in [0.2, 0.25) is 0 Å². The lowest BCUT2D eigenvalue weighted by Gasteiger charge is -2.11. The van der Waals surface area contributed by atoms with Crippen LogP contribution in [-0.4, -0.2) is 22.2 Å². The van der Waals surface area contributed by atoms with Crippen LogP contribution in [0, 0.1) is 0 Å². The van der Waals surface area contributed by atoms with Crippen molar-refractivity contribution in [3.05, 3.63) is 35.4 Å². The summed E-state index contributed by atoms with van der Waals surface area (Å²) in [4.78, 5) is 21.3. The van der Waals surface area contributed by atoms with E-state index in [1.54, 1.807) is 18.2 Å². The van der Waals surface area contributed by atoms with Gasteiger partial charge in [-0.1, -0.05) is 24.3 Å². The number of carboxylic acids is 1. The van der Waals surface area contributed by atoms with Gasteiger partial charge in [0.25, 0.3) is 0 Å². The maximum Gasteiger partial charge on any atom is 0.337 e. The van der Waals surface area contributed by atoms with Crippen LogP contribution in [0.5, 0.6) is 0 Å². The molecule has 0 saturated heterocycles. The molecule has 1 aromatic carbocycles. The van der Waals surface area contributed by atoms with Gasteiger partial charge < -0.3 is 14.9 Å². The summed E-state index contributed by atoms with van der Waals surface area (Å²) in [6.45, 7) is 1.21. The summed E-state index contributed by atoms with van der Waals surface area (Å²) in [5.74, 6) is -1.80. The van der Waals surface area contributed by atoms with E-state index in [1.165, 1.54) is 13.0 Å². The van der Waals surface area contributed by atoms with E-state index in [1.807, 2.05) is 0 Å². The Labute approximate surface area is 92.3 Å². The number of hydrogen-bond acceptors (Lipinski definition) is 4. The van der Waals surface area contributed by atoms with Crippen molar-refractivity contribution in [1.29, 1.82) is 0 Å². The molecule has 0 aliphatic heterocycles. The molecule has 1 rings (SSSR count). The second-order valence-electron chi connectivity index (χ2n) is 3.22. The normalized spacial score (nSPS) is 11.9. The molecule has 0 saturated carbocycles. The topological polar surface area (TPSA) is 83.8 Å². The molecule has 5 heteroatoms. The van der Waals surface area contributed by atoms with Gasteiger partial charge in [-0.15, -0.1) is 0 Å². The zero-order valence-electron chi connectivity index (χ0n) is 8.71. The second kappa shape index (κ2) is 5.27. The van der Waals surface area contributed by atoms with Gasteiger partial charge in [0.05, 0.1) is 0 Å². The Morgan fingerprint density at radius 2 is 2.00 bits per heavy atom. The molecule has 0 heterocycles. The number of aliphatic carboxylic acids is 1. The standard InChI is InChI=1S/C11H12O5/c1-7(12)16-6-8-4-2-3-5-9(8)10(13)11(14)15/h2-5,10,13H,6H2,1H3,(H,14,15). The molecule has 0 aliphatic rings. The molecular formula is C11H12O5. The van der Waals surface area contributed by atoms with Crippen molar-refractivity contribution in [2.24, 2.45) is 0 Å². The minimum Gasteiger partial charge on any atom is -0.479 e. The van der Waals surface area contributed by atoms with Crippen LogP contribution in [0.1, 0.15) is 24.2 Å². The lowest BCUT2D eigenvalue weighted by molar-refractivity contribution is -0.147. The molecule has 16 heavy (non-hydrogen) atoms. The van der Waals surface area contributed by atoms with Crippen LogP contribution in [0.15, 0.2) is 24.3 Å². The number of carbonyl (C=O) groups excluding carboxylic acids is 1. The number of aliphatic hydroxyl groups is 1. The van der Waals surface area contributed by atoms with Gasteiger partial charge in [0.1, 0.15) is 6.61 Å². The summed E-state index contributed by atoms with van der Waals surface area (Å²) < 4.78 is 4.76. The number of carbonyl (C=O) groups is 2. The molecule has 0 aliphatic carbocycles. The molecule has 5 nitrogen and oxygen atoms in total. The Bertz CT molecular complexity index is 399. The first-order valence-corrected chi connectivity index (χ1v) is 4.64. The van der Waals surface area contributed by atoms with Gasteiger partial charge in [-0.2, -0.15) is 0 Å². The number of hydrogen-bond donors (Lipinski definition) is 2. The van der Waals surface area contributed by atoms with Gasteiger partial charge in [-0.05, 0) is 11.1 Å². The van der Waals surface area contributed by atoms with Crippen molar-refractivity contribution in [1.82, 2.24) is 0 Å². The van der Waals surface area contributed by atoms with E-state index in [9.17, 15) is 14.7 Å². The summed E-state index contributed by atoms with van der Waals surface area (Å²) in [5.41, 5.74) is 0.712. The van der Waals surface area contributed by atoms with Crippen LogP contribution in [0.2, 0.25) is 0 Å². The highest BCUT2D eigenvalue weighted by atomic mass is 16.5. The fraction of sp³-hybridized carbons (Fsp3) is 0.273. The maximum absolute atomic E-state index is 10.6. The molecule has 0 fully saturated rings. The van der Waals surface area contributed by atoms with Crippen molar-refractivity contribution in [2.75, 3.05) is 0 Å². The maximum atomic E-state index is 10.6. The van der Waals surface area contributed by atoms with E-state index in [2.05, 4.69) is 0 Å². The number of esters is 1. The summed E-state index contributed by atoms with van der Waals surface area (Å²) >= 11 is 0. The van der Waals surface area contributed by atoms with E-state index >= 15 is 0 Å². The highest BCUT2D eigenvalue weighted by molar-refractivity contribution is 5.74. The number of ether oxygens (including phenoxy) is 1. The van der Waals surface area contributed by atoms with E-state index in [-0.39, 0.29) is 12.2 Å². The van der Waals surface area contributed by atoms with Crippen molar-refractivity contribution in [2.45, 2.75) is 19.6 Å². The molecule has 1 unspecified atom stereocenters. The molecular weight excluding hydrogens is 212 g/mol. The van der Waals surface area contributed by atoms with Crippen LogP contribution in [0.25, 0.3) is 0 Å². The number of aliphatic hydroxyl groups excluding tert-OH is 1. The lowest BCUT2D eigenvalue weighted by Crippen LogP contribution is -2.13. The Morgan fingerprint density at radius 3 is 2.56 bits per heavy atom. The van der Waals surface area contributed by atoms with Crippen LogP contribution in [0.3, 0.4) is 0 Å². The second-order valence-corrected chi connectivity index (χ2v) is 3.22. The van der Waals surface area contributed by atoms with E-state index < -0.39 is 18.0 Å². The Balaban J connectivity index is 2.91. The molecule has 0 aromatic heterocycles. The summed E-state index contributed by atoms with van der Waals surface area (Å²) in [6.07, 6.45) is -1.60. The van der Waals surface area contributed by atoms with Crippen molar-refractivity contribution in [3.63, 3.8) is 0 Å². The summed E-state index contributed by atoms with van der Waals surface area (Å²) in [7, 11) is 0. The average molecular weight is 224 g/mol. The highest BCUT2D eigenvalue weighted by Crippen LogP contribution is 2.19. The third kappa shape index (κ3) is 3.06. The third-order valence-electron chi connectivity index (χ3n) is 2.01. The Kier molecular flexibility index (Phi) is 4.02. The summed E-state index contributed by atoms with van der Waals surface area (Å²) in [6, 6.07) is 6.37. The lowest BCUT2D eigenvalue weighted by atomic mass is 10.0. The number of benzene rings is 1. The van der Waals surface area contributed by atoms with Crippen molar-refractivity contribution in [3.8, 4) is 0 Å². The molecule has 1 atom stereocenters. The number of carboxylic acid groups (broad SMARTS) is 1. The van der Waals surface area contributed by atoms with Crippen molar-refractivity contribution >= 4 is 11.9 Å². The molecule has 2 N–H and O–H groups in total. The monoisotopic (exact) mass is 224 g/mol. The zero-order valence-corrected chi connectivity index (χ0v) is 8.71. The molecule has 0 spiro atoms. The molecule has 0 radical (unpaired) electrons. The fourth-order valence-corrected chi connectivity index (χ4v) is 1.24. The smallest absolute Gasteiger partial charge is 0.337 e. The largest absolute Gasteiger partial charge is 0.479 e. The van der Waals surface area contributed by atoms with Crippen LogP contribution in [0.4, 0.5) is 0 Å². The number of rotatable bonds is 4. The zero-order chi connectivity index (χ0) is 12.1. The Morgan fingerprint density at radius 1 is 1.38 bits per heavy atom. The first-order valence-electron chi connectivity index (χ1n) is 4.64. The van der Waals surface area contributed by atoms with Crippen LogP contribution < -0.4 is 0 Å². The third-order valence-corrected chi connectivity index (χ3v) is 2.01. The van der Waals surface area contributed by atoms with E-state index in [0.29, 0.717) is 5.56 Å². The molecule has 0 bridgehead atoms. The van der Waals surface area contributed by atoms with Crippen molar-refractivity contribution < 1.29 is 24.5 Å². The first kappa shape index (κ1) is 12.2. The van der Waals surface area contributed by atoms with E-state index in [4.69, 9.17) is 9.84 Å². The Hall–Kier alpha value is -1.88. The average Bonchev–Trinajstić information content (AvgIpc) is 2.25. The minimum absolute atomic E-state index is 0.0458. The van der Waals surface area contributed by atoms with Gasteiger partial charge in [-0.3, -0.25) is 4.79 Å². The van der Waals surface area contributed by atoms with Crippen LogP contribution >= 0.6 is 0 Å². The molecule has 86 valence electrons. The quantitative estimate of drug-likeness (QED) is 0.741. The van der Waals surface area contributed by atoms with Crippen LogP contribution in [-0.2, 0) is 20.9 Å². The summed E-state index contributed by atoms with van der Waals surface area (Å²) in [5, 5.41) is 18.1.